The molecule has 3 heterocycles. The smallest absolute Gasteiger partial charge is 0.281 e. The van der Waals surface area contributed by atoms with Gasteiger partial charge in [-0.2, -0.15) is 5.10 Å². The number of rotatable bonds is 14. The Bertz CT molecular complexity index is 1210. The molecule has 37 heavy (non-hydrogen) atoms. The second-order valence-electron chi connectivity index (χ2n) is 7.57. The van der Waals surface area contributed by atoms with E-state index in [0.717, 1.165) is 6.42 Å². The summed E-state index contributed by atoms with van der Waals surface area (Å²) in [6.07, 6.45) is 12.2. The molecule has 11 nitrogen and oxygen atoms in total. The van der Waals surface area contributed by atoms with Gasteiger partial charge >= 0.3 is 0 Å². The SMILES string of the molecule is CCCn1cc(OCCOC)c(C(=O)Nc2ccc(Oc3ccnc(/C=C/OC)c3/C=C/OC)cn2)n1. The summed E-state index contributed by atoms with van der Waals surface area (Å²) < 4.78 is 28.5. The Labute approximate surface area is 215 Å². The van der Waals surface area contributed by atoms with Crippen molar-refractivity contribution in [3.8, 4) is 17.2 Å². The first-order valence-corrected chi connectivity index (χ1v) is 11.6. The fourth-order valence-electron chi connectivity index (χ4n) is 3.19. The second kappa shape index (κ2) is 14.2. The average molecular weight is 510 g/mol. The second-order valence-corrected chi connectivity index (χ2v) is 7.57. The molecule has 1 N–H and O–H groups in total. The lowest BCUT2D eigenvalue weighted by molar-refractivity contribution is 0.101. The van der Waals surface area contributed by atoms with Crippen LogP contribution >= 0.6 is 0 Å². The molecule has 0 saturated carbocycles. The summed E-state index contributed by atoms with van der Waals surface area (Å²) in [5, 5.41) is 7.11. The van der Waals surface area contributed by atoms with Gasteiger partial charge in [0.25, 0.3) is 5.91 Å². The van der Waals surface area contributed by atoms with Gasteiger partial charge in [-0.1, -0.05) is 6.92 Å². The summed E-state index contributed by atoms with van der Waals surface area (Å²) in [7, 11) is 4.69. The molecule has 0 saturated heterocycles. The summed E-state index contributed by atoms with van der Waals surface area (Å²) in [6, 6.07) is 5.06. The number of nitrogens with zero attached hydrogens (tertiary/aromatic N) is 4. The zero-order valence-electron chi connectivity index (χ0n) is 21.3. The normalized spacial score (nSPS) is 11.1. The minimum atomic E-state index is -0.431. The van der Waals surface area contributed by atoms with Crippen molar-refractivity contribution < 1.29 is 28.5 Å². The van der Waals surface area contributed by atoms with Crippen LogP contribution in [0.3, 0.4) is 0 Å². The zero-order valence-corrected chi connectivity index (χ0v) is 21.3. The first kappa shape index (κ1) is 27.2. The Morgan fingerprint density at radius 2 is 1.84 bits per heavy atom. The highest BCUT2D eigenvalue weighted by atomic mass is 16.5. The third-order valence-electron chi connectivity index (χ3n) is 4.86. The van der Waals surface area contributed by atoms with Gasteiger partial charge in [0.2, 0.25) is 0 Å². The van der Waals surface area contributed by atoms with Crippen LogP contribution in [0.15, 0.2) is 49.3 Å². The molecule has 0 atom stereocenters. The summed E-state index contributed by atoms with van der Waals surface area (Å²) in [5.41, 5.74) is 1.50. The Kier molecular flexibility index (Phi) is 10.5. The standard InChI is InChI=1S/C26H31N5O6/c1-5-12-31-18-23(36-16-15-35-4)25(30-31)26(32)29-24-7-6-19(17-28-24)37-22-8-11-27-21(10-14-34-3)20(22)9-13-33-2/h6-11,13-14,17-18H,5,12,15-16H2,1-4H3,(H,28,29,32)/b13-9+,14-10+. The van der Waals surface area contributed by atoms with Gasteiger partial charge in [0.1, 0.15) is 23.9 Å². The molecular formula is C26H31N5O6. The van der Waals surface area contributed by atoms with Crippen LogP contribution in [0.5, 0.6) is 17.2 Å². The van der Waals surface area contributed by atoms with E-state index in [0.29, 0.717) is 54.1 Å². The van der Waals surface area contributed by atoms with Crippen LogP contribution in [0.4, 0.5) is 5.82 Å². The molecule has 0 fully saturated rings. The number of methoxy groups -OCH3 is 3. The first-order valence-electron chi connectivity index (χ1n) is 11.6. The van der Waals surface area contributed by atoms with Crippen molar-refractivity contribution >= 4 is 23.9 Å². The number of pyridine rings is 2. The molecule has 0 aliphatic carbocycles. The third-order valence-corrected chi connectivity index (χ3v) is 4.86. The number of carbonyl (C=O) groups is 1. The van der Waals surface area contributed by atoms with E-state index in [1.165, 1.54) is 18.7 Å². The van der Waals surface area contributed by atoms with E-state index in [9.17, 15) is 4.79 Å². The number of anilines is 1. The van der Waals surface area contributed by atoms with Crippen molar-refractivity contribution in [3.63, 3.8) is 0 Å². The number of hydrogen-bond acceptors (Lipinski definition) is 9. The molecule has 196 valence electrons. The largest absolute Gasteiger partial charge is 0.504 e. The molecular weight excluding hydrogens is 478 g/mol. The molecule has 3 rings (SSSR count). The Morgan fingerprint density at radius 3 is 2.54 bits per heavy atom. The lowest BCUT2D eigenvalue weighted by Crippen LogP contribution is -2.16. The molecule has 0 radical (unpaired) electrons. The van der Waals surface area contributed by atoms with Crippen LogP contribution in [-0.4, -0.2) is 60.2 Å². The molecule has 0 aliphatic rings. The summed E-state index contributed by atoms with van der Waals surface area (Å²) in [4.78, 5) is 21.6. The fraction of sp³-hybridized carbons (Fsp3) is 0.308. The topological polar surface area (TPSA) is 119 Å². The van der Waals surface area contributed by atoms with E-state index >= 15 is 0 Å². The molecule has 0 unspecified atom stereocenters. The van der Waals surface area contributed by atoms with Crippen molar-refractivity contribution in [2.75, 3.05) is 39.9 Å². The monoisotopic (exact) mass is 509 g/mol. The highest BCUT2D eigenvalue weighted by Gasteiger charge is 2.19. The third kappa shape index (κ3) is 7.80. The van der Waals surface area contributed by atoms with Gasteiger partial charge in [0.05, 0.1) is 51.4 Å². The van der Waals surface area contributed by atoms with Crippen molar-refractivity contribution in [2.24, 2.45) is 0 Å². The molecule has 3 aromatic heterocycles. The zero-order chi connectivity index (χ0) is 26.5. The predicted octanol–water partition coefficient (Wildman–Crippen LogP) is 4.39. The number of aromatic nitrogens is 4. The van der Waals surface area contributed by atoms with Gasteiger partial charge in [0, 0.05) is 25.4 Å². The molecule has 11 heteroatoms. The average Bonchev–Trinajstić information content (AvgIpc) is 3.31. The van der Waals surface area contributed by atoms with Crippen LogP contribution in [0, 0.1) is 0 Å². The number of ether oxygens (including phenoxy) is 5. The summed E-state index contributed by atoms with van der Waals surface area (Å²) in [5.74, 6) is 1.30. The predicted molar refractivity (Wildman–Crippen MR) is 138 cm³/mol. The van der Waals surface area contributed by atoms with Crippen molar-refractivity contribution in [3.05, 3.63) is 66.3 Å². The molecule has 0 aromatic carbocycles. The van der Waals surface area contributed by atoms with Gasteiger partial charge in [-0.25, -0.2) is 4.98 Å². The maximum Gasteiger partial charge on any atom is 0.281 e. The maximum absolute atomic E-state index is 12.9. The molecule has 1 amide bonds. The fourth-order valence-corrected chi connectivity index (χ4v) is 3.19. The van der Waals surface area contributed by atoms with E-state index < -0.39 is 5.91 Å². The Hall–Kier alpha value is -4.38. The van der Waals surface area contributed by atoms with Gasteiger partial charge < -0.3 is 29.0 Å². The van der Waals surface area contributed by atoms with Gasteiger partial charge in [-0.3, -0.25) is 14.5 Å². The lowest BCUT2D eigenvalue weighted by atomic mass is 10.1. The van der Waals surface area contributed by atoms with E-state index in [1.807, 2.05) is 6.92 Å². The minimum absolute atomic E-state index is 0.176. The van der Waals surface area contributed by atoms with Crippen molar-refractivity contribution in [1.82, 2.24) is 19.7 Å². The van der Waals surface area contributed by atoms with Gasteiger partial charge in [0.15, 0.2) is 11.4 Å². The van der Waals surface area contributed by atoms with Gasteiger partial charge in [-0.05, 0) is 36.8 Å². The molecule has 0 spiro atoms. The quantitative estimate of drug-likeness (QED) is 0.249. The Balaban J connectivity index is 1.75. The first-order chi connectivity index (χ1) is 18.1. The number of hydrogen-bond donors (Lipinski definition) is 1. The van der Waals surface area contributed by atoms with Gasteiger partial charge in [-0.15, -0.1) is 0 Å². The van der Waals surface area contributed by atoms with E-state index in [-0.39, 0.29) is 5.69 Å². The van der Waals surface area contributed by atoms with Crippen LogP contribution in [0.1, 0.15) is 35.1 Å². The number of aryl methyl sites for hydroxylation is 1. The lowest BCUT2D eigenvalue weighted by Gasteiger charge is -2.11. The highest BCUT2D eigenvalue weighted by Crippen LogP contribution is 2.29. The molecule has 3 aromatic rings. The van der Waals surface area contributed by atoms with Crippen LogP contribution in [0.25, 0.3) is 12.2 Å². The number of amides is 1. The van der Waals surface area contributed by atoms with E-state index in [4.69, 9.17) is 23.7 Å². The number of carbonyl (C=O) groups excluding carboxylic acids is 1. The van der Waals surface area contributed by atoms with Crippen molar-refractivity contribution in [2.45, 2.75) is 19.9 Å². The van der Waals surface area contributed by atoms with Crippen LogP contribution < -0.4 is 14.8 Å². The molecule has 0 aliphatic heterocycles. The Morgan fingerprint density at radius 1 is 1.03 bits per heavy atom. The summed E-state index contributed by atoms with van der Waals surface area (Å²) >= 11 is 0. The minimum Gasteiger partial charge on any atom is -0.504 e. The number of nitrogens with one attached hydrogen (secondary N) is 1. The van der Waals surface area contributed by atoms with E-state index in [1.54, 1.807) is 68.8 Å². The van der Waals surface area contributed by atoms with E-state index in [2.05, 4.69) is 20.4 Å². The summed E-state index contributed by atoms with van der Waals surface area (Å²) in [6.45, 7) is 3.39. The van der Waals surface area contributed by atoms with Crippen LogP contribution in [-0.2, 0) is 20.8 Å². The molecule has 0 bridgehead atoms. The highest BCUT2D eigenvalue weighted by molar-refractivity contribution is 6.04. The maximum atomic E-state index is 12.9. The van der Waals surface area contributed by atoms with Crippen LogP contribution in [0.2, 0.25) is 0 Å². The van der Waals surface area contributed by atoms with Crippen molar-refractivity contribution in [1.29, 1.82) is 0 Å².